The average Bonchev–Trinajstić information content (AvgIpc) is 2.34. The summed E-state index contributed by atoms with van der Waals surface area (Å²) in [5, 5.41) is 37.9. The molecule has 7 heteroatoms. The van der Waals surface area contributed by atoms with Crippen LogP contribution in [0, 0.1) is 6.92 Å². The minimum Gasteiger partial charge on any atom is -0.508 e. The normalized spacial score (nSPS) is 13.9. The lowest BCUT2D eigenvalue weighted by molar-refractivity contribution is -0.139. The number of aromatic hydroxyl groups is 1. The van der Waals surface area contributed by atoms with Gasteiger partial charge in [-0.1, -0.05) is 0 Å². The Balaban J connectivity index is 2.21. The Labute approximate surface area is 131 Å². The highest BCUT2D eigenvalue weighted by Gasteiger charge is 2.17. The highest BCUT2D eigenvalue weighted by atomic mass is 16.4. The molecule has 2 unspecified atom stereocenters. The smallest absolute Gasteiger partial charge is 0.305 e. The van der Waals surface area contributed by atoms with Crippen LogP contribution in [-0.2, 0) is 11.2 Å². The molecule has 0 spiro atoms. The van der Waals surface area contributed by atoms with E-state index in [2.05, 4.69) is 0 Å². The lowest BCUT2D eigenvalue weighted by atomic mass is 10.0. The molecule has 2 atom stereocenters. The summed E-state index contributed by atoms with van der Waals surface area (Å²) in [6.45, 7) is 1.68. The van der Waals surface area contributed by atoms with Gasteiger partial charge in [-0.25, -0.2) is 0 Å². The Kier molecular flexibility index (Phi) is 5.02. The first kappa shape index (κ1) is 17.0. The van der Waals surface area contributed by atoms with E-state index in [-0.39, 0.29) is 35.4 Å². The zero-order valence-corrected chi connectivity index (χ0v) is 12.5. The summed E-state index contributed by atoms with van der Waals surface area (Å²) in [6.07, 6.45) is -2.89. The second kappa shape index (κ2) is 6.80. The number of phenolic OH excluding ortho intramolecular Hbond substituents is 1. The van der Waals surface area contributed by atoms with Crippen LogP contribution in [-0.4, -0.2) is 38.6 Å². The van der Waals surface area contributed by atoms with Crippen LogP contribution in [0.25, 0.3) is 11.0 Å². The van der Waals surface area contributed by atoms with Gasteiger partial charge >= 0.3 is 5.97 Å². The highest BCUT2D eigenvalue weighted by Crippen LogP contribution is 2.23. The van der Waals surface area contributed by atoms with Gasteiger partial charge < -0.3 is 24.8 Å². The molecule has 1 aromatic heterocycles. The predicted octanol–water partition coefficient (Wildman–Crippen LogP) is 0.936. The lowest BCUT2D eigenvalue weighted by Crippen LogP contribution is -2.22. The Bertz CT molecular complexity index is 778. The summed E-state index contributed by atoms with van der Waals surface area (Å²) in [6, 6.07) is 4.02. The number of phenols is 1. The molecule has 0 saturated carbocycles. The van der Waals surface area contributed by atoms with Crippen molar-refractivity contribution in [3.63, 3.8) is 0 Å². The predicted molar refractivity (Wildman–Crippen MR) is 81.5 cm³/mol. The first-order chi connectivity index (χ1) is 10.8. The van der Waals surface area contributed by atoms with Crippen LogP contribution in [0.2, 0.25) is 0 Å². The molecule has 0 aliphatic heterocycles. The number of aliphatic carboxylic acids is 1. The van der Waals surface area contributed by atoms with Crippen molar-refractivity contribution in [1.82, 2.24) is 0 Å². The second-order valence-corrected chi connectivity index (χ2v) is 5.56. The molecule has 4 N–H and O–H groups in total. The van der Waals surface area contributed by atoms with Crippen molar-refractivity contribution < 1.29 is 29.6 Å². The van der Waals surface area contributed by atoms with Crippen LogP contribution < -0.4 is 5.43 Å². The number of aliphatic hydroxyl groups is 2. The van der Waals surface area contributed by atoms with E-state index < -0.39 is 24.6 Å². The van der Waals surface area contributed by atoms with Crippen molar-refractivity contribution in [2.45, 2.75) is 38.4 Å². The molecule has 2 aromatic rings. The fourth-order valence-electron chi connectivity index (χ4n) is 2.54. The number of fused-ring (bicyclic) bond motifs is 1. The summed E-state index contributed by atoms with van der Waals surface area (Å²) in [4.78, 5) is 22.6. The minimum absolute atomic E-state index is 0.0345. The lowest BCUT2D eigenvalue weighted by Gasteiger charge is -2.14. The van der Waals surface area contributed by atoms with Crippen molar-refractivity contribution in [2.75, 3.05) is 0 Å². The third kappa shape index (κ3) is 4.30. The molecule has 0 amide bonds. The van der Waals surface area contributed by atoms with Gasteiger partial charge in [0.05, 0.1) is 24.0 Å². The standard InChI is InChI=1S/C16H18O7/c1-8-2-9(17)5-14-16(8)13(20)7-12(23-14)4-10(18)3-11(19)6-15(21)22/h2,5,7,10-11,17-19H,3-4,6H2,1H3,(H,21,22). The van der Waals surface area contributed by atoms with E-state index in [1.807, 2.05) is 0 Å². The van der Waals surface area contributed by atoms with E-state index in [4.69, 9.17) is 9.52 Å². The number of rotatable bonds is 6. The van der Waals surface area contributed by atoms with Crippen LogP contribution in [0.3, 0.4) is 0 Å². The monoisotopic (exact) mass is 322 g/mol. The van der Waals surface area contributed by atoms with Crippen LogP contribution in [0.5, 0.6) is 5.75 Å². The molecule has 1 heterocycles. The third-order valence-electron chi connectivity index (χ3n) is 3.45. The Morgan fingerprint density at radius 3 is 2.57 bits per heavy atom. The van der Waals surface area contributed by atoms with E-state index in [0.29, 0.717) is 10.9 Å². The van der Waals surface area contributed by atoms with Gasteiger partial charge in [-0.3, -0.25) is 9.59 Å². The molecule has 7 nitrogen and oxygen atoms in total. The molecule has 0 fully saturated rings. The molecule has 0 bridgehead atoms. The van der Waals surface area contributed by atoms with Crippen LogP contribution in [0.15, 0.2) is 27.4 Å². The molecule has 1 aromatic carbocycles. The maximum Gasteiger partial charge on any atom is 0.305 e. The van der Waals surface area contributed by atoms with Crippen molar-refractivity contribution in [1.29, 1.82) is 0 Å². The molecule has 23 heavy (non-hydrogen) atoms. The number of benzene rings is 1. The maximum atomic E-state index is 12.1. The summed E-state index contributed by atoms with van der Waals surface area (Å²) in [7, 11) is 0. The Hall–Kier alpha value is -2.38. The highest BCUT2D eigenvalue weighted by molar-refractivity contribution is 5.81. The molecule has 0 aliphatic rings. The fourth-order valence-corrected chi connectivity index (χ4v) is 2.54. The van der Waals surface area contributed by atoms with E-state index in [9.17, 15) is 24.9 Å². The first-order valence-electron chi connectivity index (χ1n) is 7.10. The minimum atomic E-state index is -1.18. The number of carbonyl (C=O) groups is 1. The summed E-state index contributed by atoms with van der Waals surface area (Å²) < 4.78 is 5.52. The second-order valence-electron chi connectivity index (χ2n) is 5.56. The van der Waals surface area contributed by atoms with Crippen molar-refractivity contribution >= 4 is 16.9 Å². The van der Waals surface area contributed by atoms with E-state index in [1.54, 1.807) is 6.92 Å². The number of aliphatic hydroxyl groups excluding tert-OH is 2. The van der Waals surface area contributed by atoms with Crippen LogP contribution in [0.4, 0.5) is 0 Å². The topological polar surface area (TPSA) is 128 Å². The molecule has 0 saturated heterocycles. The van der Waals surface area contributed by atoms with Crippen molar-refractivity contribution in [2.24, 2.45) is 0 Å². The molecule has 2 rings (SSSR count). The molecular formula is C16H18O7. The van der Waals surface area contributed by atoms with Crippen molar-refractivity contribution in [3.8, 4) is 5.75 Å². The third-order valence-corrected chi connectivity index (χ3v) is 3.45. The molecule has 124 valence electrons. The van der Waals surface area contributed by atoms with E-state index in [0.717, 1.165) is 0 Å². The van der Waals surface area contributed by atoms with Crippen LogP contribution in [0.1, 0.15) is 24.2 Å². The van der Waals surface area contributed by atoms with Gasteiger partial charge in [0.1, 0.15) is 17.1 Å². The SMILES string of the molecule is Cc1cc(O)cc2oc(CC(O)CC(O)CC(=O)O)cc(=O)c12. The van der Waals surface area contributed by atoms with Crippen LogP contribution >= 0.6 is 0 Å². The number of aryl methyl sites for hydroxylation is 1. The first-order valence-corrected chi connectivity index (χ1v) is 7.10. The van der Waals surface area contributed by atoms with Gasteiger partial charge in [0.25, 0.3) is 0 Å². The quantitative estimate of drug-likeness (QED) is 0.623. The number of hydrogen-bond acceptors (Lipinski definition) is 6. The number of carboxylic acids is 1. The van der Waals surface area contributed by atoms with Crippen molar-refractivity contribution in [3.05, 3.63) is 39.7 Å². The zero-order chi connectivity index (χ0) is 17.1. The average molecular weight is 322 g/mol. The van der Waals surface area contributed by atoms with E-state index in [1.165, 1.54) is 18.2 Å². The Morgan fingerprint density at radius 2 is 1.91 bits per heavy atom. The van der Waals surface area contributed by atoms with E-state index >= 15 is 0 Å². The summed E-state index contributed by atoms with van der Waals surface area (Å²) >= 11 is 0. The largest absolute Gasteiger partial charge is 0.508 e. The van der Waals surface area contributed by atoms with Gasteiger partial charge in [-0.15, -0.1) is 0 Å². The zero-order valence-electron chi connectivity index (χ0n) is 12.5. The van der Waals surface area contributed by atoms with Gasteiger partial charge in [0.15, 0.2) is 5.43 Å². The number of hydrogen-bond donors (Lipinski definition) is 4. The summed E-state index contributed by atoms with van der Waals surface area (Å²) in [5.41, 5.74) is 0.498. The molecular weight excluding hydrogens is 304 g/mol. The Morgan fingerprint density at radius 1 is 1.22 bits per heavy atom. The number of carboxylic acid groups (broad SMARTS) is 1. The molecule has 0 aliphatic carbocycles. The van der Waals surface area contributed by atoms with Gasteiger partial charge in [-0.2, -0.15) is 0 Å². The fraction of sp³-hybridized carbons (Fsp3) is 0.375. The molecule has 0 radical (unpaired) electrons. The summed E-state index contributed by atoms with van der Waals surface area (Å²) in [5.74, 6) is -0.997. The van der Waals surface area contributed by atoms with Gasteiger partial charge in [0.2, 0.25) is 0 Å². The van der Waals surface area contributed by atoms with Gasteiger partial charge in [-0.05, 0) is 18.6 Å². The maximum absolute atomic E-state index is 12.1. The van der Waals surface area contributed by atoms with Gasteiger partial charge in [0, 0.05) is 25.0 Å².